The summed E-state index contributed by atoms with van der Waals surface area (Å²) in [4.78, 5) is 2.96. The van der Waals surface area contributed by atoms with E-state index in [0.717, 1.165) is 28.9 Å². The molecule has 4 aromatic rings. The summed E-state index contributed by atoms with van der Waals surface area (Å²) in [7, 11) is 0. The Hall–Kier alpha value is -2.84. The van der Waals surface area contributed by atoms with Gasteiger partial charge in [-0.2, -0.15) is 16.9 Å². The summed E-state index contributed by atoms with van der Waals surface area (Å²) in [6, 6.07) is 9.16. The monoisotopic (exact) mass is 499 g/mol. The highest BCUT2D eigenvalue weighted by molar-refractivity contribution is 7.99. The van der Waals surface area contributed by atoms with Crippen molar-refractivity contribution in [2.24, 2.45) is 5.41 Å². The maximum absolute atomic E-state index is 14.8. The molecule has 0 saturated heterocycles. The van der Waals surface area contributed by atoms with E-state index in [9.17, 15) is 8.78 Å². The summed E-state index contributed by atoms with van der Waals surface area (Å²) in [5.74, 6) is 1.64. The first-order chi connectivity index (χ1) is 16.8. The normalized spacial score (nSPS) is 11.9. The third-order valence-electron chi connectivity index (χ3n) is 5.53. The molecule has 0 amide bonds. The minimum absolute atomic E-state index is 0.0569. The number of H-pyrrole nitrogens is 1. The van der Waals surface area contributed by atoms with Gasteiger partial charge < -0.3 is 14.5 Å². The van der Waals surface area contributed by atoms with Crippen LogP contribution in [0.1, 0.15) is 32.8 Å². The second-order valence-electron chi connectivity index (χ2n) is 9.49. The van der Waals surface area contributed by atoms with Crippen LogP contribution in [0.2, 0.25) is 0 Å². The van der Waals surface area contributed by atoms with Crippen LogP contribution in [0.4, 0.5) is 8.78 Å². The van der Waals surface area contributed by atoms with Gasteiger partial charge in [0.1, 0.15) is 18.3 Å². The number of aromatic nitrogens is 3. The smallest absolute Gasteiger partial charge is 0.167 e. The summed E-state index contributed by atoms with van der Waals surface area (Å²) in [6.07, 6.45) is 4.73. The minimum Gasteiger partial charge on any atom is -0.454 e. The number of aryl methyl sites for hydroxylation is 1. The van der Waals surface area contributed by atoms with E-state index in [1.165, 1.54) is 18.2 Å². The summed E-state index contributed by atoms with van der Waals surface area (Å²) < 4.78 is 42.6. The van der Waals surface area contributed by atoms with E-state index >= 15 is 0 Å². The molecule has 0 spiro atoms. The molecule has 8 heteroatoms. The van der Waals surface area contributed by atoms with E-state index in [1.54, 1.807) is 23.0 Å². The van der Waals surface area contributed by atoms with E-state index in [0.29, 0.717) is 23.6 Å². The lowest BCUT2D eigenvalue weighted by atomic mass is 9.98. The highest BCUT2D eigenvalue weighted by atomic mass is 32.2. The number of nitrogens with one attached hydrogen (secondary N) is 1. The quantitative estimate of drug-likeness (QED) is 0.216. The predicted octanol–water partition coefficient (Wildman–Crippen LogP) is 7.55. The predicted molar refractivity (Wildman–Crippen MR) is 138 cm³/mol. The molecule has 4 rings (SSSR count). The standard InChI is InChI=1S/C27H31F2N3O2S/c1-5-10-35-16-27(3,4)15-33-17-32-14-18(2)26(31-32)21-12-20(6-7-22(21)28)34-25-11-19-8-9-30-24(19)13-23(25)29/h6-9,11-14,30H,5,10,15-17H2,1-4H3. The molecule has 0 aliphatic carbocycles. The molecule has 0 radical (unpaired) electrons. The molecule has 2 aromatic heterocycles. The van der Waals surface area contributed by atoms with Crippen LogP contribution >= 0.6 is 11.8 Å². The molecule has 1 N–H and O–H groups in total. The Labute approximate surface area is 208 Å². The Morgan fingerprint density at radius 3 is 2.74 bits per heavy atom. The molecular formula is C27H31F2N3O2S. The van der Waals surface area contributed by atoms with Gasteiger partial charge in [0.25, 0.3) is 0 Å². The molecule has 0 aliphatic rings. The lowest BCUT2D eigenvalue weighted by Crippen LogP contribution is -2.23. The lowest BCUT2D eigenvalue weighted by molar-refractivity contribution is 0.0232. The summed E-state index contributed by atoms with van der Waals surface area (Å²) >= 11 is 1.93. The number of fused-ring (bicyclic) bond motifs is 1. The molecule has 35 heavy (non-hydrogen) atoms. The largest absolute Gasteiger partial charge is 0.454 e. The molecule has 5 nitrogen and oxygen atoms in total. The van der Waals surface area contributed by atoms with Crippen molar-refractivity contribution in [1.29, 1.82) is 0 Å². The van der Waals surface area contributed by atoms with Gasteiger partial charge in [-0.3, -0.25) is 0 Å². The van der Waals surface area contributed by atoms with E-state index in [4.69, 9.17) is 9.47 Å². The van der Waals surface area contributed by atoms with E-state index < -0.39 is 11.6 Å². The number of halogens is 2. The zero-order valence-corrected chi connectivity index (χ0v) is 21.3. The van der Waals surface area contributed by atoms with Crippen LogP contribution in [-0.2, 0) is 11.5 Å². The SMILES string of the molecule is CCCSCC(C)(C)COCn1cc(C)c(-c2cc(Oc3cc4cc[nH]c4cc3F)ccc2F)n1. The van der Waals surface area contributed by atoms with Crippen LogP contribution in [0.5, 0.6) is 11.5 Å². The fourth-order valence-electron chi connectivity index (χ4n) is 3.81. The Morgan fingerprint density at radius 1 is 1.11 bits per heavy atom. The van der Waals surface area contributed by atoms with E-state index in [2.05, 4.69) is 30.9 Å². The van der Waals surface area contributed by atoms with Crippen LogP contribution in [0.3, 0.4) is 0 Å². The molecule has 2 aromatic carbocycles. The first-order valence-corrected chi connectivity index (χ1v) is 12.8. The van der Waals surface area contributed by atoms with Gasteiger partial charge in [-0.1, -0.05) is 20.8 Å². The van der Waals surface area contributed by atoms with Crippen molar-refractivity contribution in [3.05, 3.63) is 66.0 Å². The maximum Gasteiger partial charge on any atom is 0.167 e. The number of hydrogen-bond donors (Lipinski definition) is 1. The van der Waals surface area contributed by atoms with Gasteiger partial charge in [-0.25, -0.2) is 13.5 Å². The average Bonchev–Trinajstić information content (AvgIpc) is 3.41. The average molecular weight is 500 g/mol. The van der Waals surface area contributed by atoms with Gasteiger partial charge in [0, 0.05) is 40.7 Å². The number of hydrogen-bond acceptors (Lipinski definition) is 4. The minimum atomic E-state index is -0.501. The third-order valence-corrected chi connectivity index (χ3v) is 7.21. The van der Waals surface area contributed by atoms with Crippen LogP contribution in [0.15, 0.2) is 48.8 Å². The van der Waals surface area contributed by atoms with Gasteiger partial charge in [0.15, 0.2) is 11.6 Å². The zero-order chi connectivity index (χ0) is 25.0. The second kappa shape index (κ2) is 10.8. The Balaban J connectivity index is 1.47. The molecule has 186 valence electrons. The number of rotatable bonds is 11. The Bertz CT molecular complexity index is 1300. The molecule has 0 aliphatic heterocycles. The van der Waals surface area contributed by atoms with Crippen molar-refractivity contribution in [1.82, 2.24) is 14.8 Å². The maximum atomic E-state index is 14.8. The first-order valence-electron chi connectivity index (χ1n) is 11.7. The summed E-state index contributed by atoms with van der Waals surface area (Å²) in [5.41, 5.74) is 2.33. The Kier molecular flexibility index (Phi) is 7.82. The molecule has 0 atom stereocenters. The van der Waals surface area contributed by atoms with Crippen molar-refractivity contribution in [2.75, 3.05) is 18.1 Å². The fourth-order valence-corrected chi connectivity index (χ4v) is 4.88. The van der Waals surface area contributed by atoms with Crippen molar-refractivity contribution < 1.29 is 18.3 Å². The van der Waals surface area contributed by atoms with E-state index in [1.807, 2.05) is 30.9 Å². The Morgan fingerprint density at radius 2 is 1.94 bits per heavy atom. The van der Waals surface area contributed by atoms with Crippen molar-refractivity contribution in [2.45, 2.75) is 40.8 Å². The van der Waals surface area contributed by atoms with Crippen molar-refractivity contribution in [3.63, 3.8) is 0 Å². The molecule has 0 saturated carbocycles. The number of nitrogens with zero attached hydrogens (tertiary/aromatic N) is 2. The second-order valence-corrected chi connectivity index (χ2v) is 10.6. The van der Waals surface area contributed by atoms with Gasteiger partial charge in [-0.15, -0.1) is 0 Å². The van der Waals surface area contributed by atoms with Crippen LogP contribution in [0.25, 0.3) is 22.2 Å². The highest BCUT2D eigenvalue weighted by Crippen LogP contribution is 2.33. The summed E-state index contributed by atoms with van der Waals surface area (Å²) in [6.45, 7) is 9.31. The number of thioether (sulfide) groups is 1. The van der Waals surface area contributed by atoms with Crippen LogP contribution in [-0.4, -0.2) is 32.9 Å². The topological polar surface area (TPSA) is 52.1 Å². The first kappa shape index (κ1) is 25.3. The van der Waals surface area contributed by atoms with Crippen molar-refractivity contribution >= 4 is 22.7 Å². The van der Waals surface area contributed by atoms with Crippen LogP contribution < -0.4 is 4.74 Å². The number of ether oxygens (including phenoxy) is 2. The van der Waals surface area contributed by atoms with E-state index in [-0.39, 0.29) is 23.5 Å². The van der Waals surface area contributed by atoms with Crippen LogP contribution in [0, 0.1) is 24.0 Å². The highest BCUT2D eigenvalue weighted by Gasteiger charge is 2.19. The summed E-state index contributed by atoms with van der Waals surface area (Å²) in [5, 5.41) is 5.37. The lowest BCUT2D eigenvalue weighted by Gasteiger charge is -2.23. The molecule has 0 fully saturated rings. The van der Waals surface area contributed by atoms with Gasteiger partial charge in [0.2, 0.25) is 0 Å². The molecule has 0 bridgehead atoms. The fraction of sp³-hybridized carbons (Fsp3) is 0.370. The van der Waals surface area contributed by atoms with Gasteiger partial charge >= 0.3 is 0 Å². The zero-order valence-electron chi connectivity index (χ0n) is 20.5. The number of benzene rings is 2. The molecule has 2 heterocycles. The molecule has 0 unspecified atom stereocenters. The van der Waals surface area contributed by atoms with Crippen molar-refractivity contribution in [3.8, 4) is 22.8 Å². The number of aromatic amines is 1. The van der Waals surface area contributed by atoms with Gasteiger partial charge in [-0.05, 0) is 60.4 Å². The van der Waals surface area contributed by atoms with Gasteiger partial charge in [0.05, 0.1) is 12.3 Å². The third kappa shape index (κ3) is 6.24. The molecular weight excluding hydrogens is 468 g/mol.